The van der Waals surface area contributed by atoms with Gasteiger partial charge in [0.05, 0.1) is 7.11 Å². The van der Waals surface area contributed by atoms with Crippen LogP contribution in [0.15, 0.2) is 36.3 Å². The molecule has 0 aliphatic carbocycles. The molecule has 0 fully saturated rings. The molecule has 2 rings (SSSR count). The van der Waals surface area contributed by atoms with Crippen LogP contribution in [0.5, 0.6) is 5.75 Å². The van der Waals surface area contributed by atoms with Gasteiger partial charge in [-0.05, 0) is 37.5 Å². The van der Waals surface area contributed by atoms with E-state index in [0.29, 0.717) is 5.92 Å². The average molecular weight is 244 g/mol. The van der Waals surface area contributed by atoms with E-state index in [1.54, 1.807) is 7.11 Å². The zero-order chi connectivity index (χ0) is 13.1. The Balaban J connectivity index is 2.34. The molecule has 1 aliphatic rings. The number of methoxy groups -OCH3 is 1. The van der Waals surface area contributed by atoms with Crippen molar-refractivity contribution in [2.45, 2.75) is 27.2 Å². The standard InChI is InChI=1S/C15H20N2O/c1-5-13-6-7-17(10-12(13)3)15-14(18-4)8-11(2)9-16-15/h6-10,13H,5H2,1-4H3. The normalized spacial score (nSPS) is 18.8. The van der Waals surface area contributed by atoms with Crippen molar-refractivity contribution < 1.29 is 4.74 Å². The lowest BCUT2D eigenvalue weighted by Crippen LogP contribution is -2.17. The second-order valence-corrected chi connectivity index (χ2v) is 4.68. The number of allylic oxidation sites excluding steroid dienone is 2. The molecule has 0 N–H and O–H groups in total. The average Bonchev–Trinajstić information content (AvgIpc) is 2.38. The number of pyridine rings is 1. The molecule has 0 aromatic carbocycles. The van der Waals surface area contributed by atoms with Crippen molar-refractivity contribution in [3.05, 3.63) is 41.9 Å². The predicted molar refractivity (Wildman–Crippen MR) is 74.7 cm³/mol. The Morgan fingerprint density at radius 2 is 2.17 bits per heavy atom. The van der Waals surface area contributed by atoms with Crippen LogP contribution >= 0.6 is 0 Å². The summed E-state index contributed by atoms with van der Waals surface area (Å²) in [6.07, 6.45) is 9.41. The SMILES string of the molecule is CCC1C=CN(c2ncc(C)cc2OC)C=C1C. The third-order valence-electron chi connectivity index (χ3n) is 3.28. The fourth-order valence-electron chi connectivity index (χ4n) is 2.18. The quantitative estimate of drug-likeness (QED) is 0.811. The zero-order valence-electron chi connectivity index (χ0n) is 11.5. The van der Waals surface area contributed by atoms with Gasteiger partial charge >= 0.3 is 0 Å². The monoisotopic (exact) mass is 244 g/mol. The lowest BCUT2D eigenvalue weighted by Gasteiger charge is -2.25. The number of anilines is 1. The molecule has 3 heteroatoms. The van der Waals surface area contributed by atoms with Gasteiger partial charge in [-0.2, -0.15) is 0 Å². The van der Waals surface area contributed by atoms with Gasteiger partial charge in [-0.1, -0.05) is 13.0 Å². The van der Waals surface area contributed by atoms with E-state index in [0.717, 1.165) is 23.6 Å². The van der Waals surface area contributed by atoms with Crippen molar-refractivity contribution in [2.24, 2.45) is 5.92 Å². The van der Waals surface area contributed by atoms with E-state index < -0.39 is 0 Å². The van der Waals surface area contributed by atoms with Crippen LogP contribution in [-0.4, -0.2) is 12.1 Å². The second kappa shape index (κ2) is 5.25. The van der Waals surface area contributed by atoms with Crippen LogP contribution in [0.2, 0.25) is 0 Å². The molecular formula is C15H20N2O. The van der Waals surface area contributed by atoms with E-state index in [-0.39, 0.29) is 0 Å². The summed E-state index contributed by atoms with van der Waals surface area (Å²) in [5.74, 6) is 2.18. The number of rotatable bonds is 3. The summed E-state index contributed by atoms with van der Waals surface area (Å²) in [6, 6.07) is 2.01. The molecular weight excluding hydrogens is 224 g/mol. The van der Waals surface area contributed by atoms with Gasteiger partial charge < -0.3 is 9.64 Å². The molecule has 1 unspecified atom stereocenters. The maximum atomic E-state index is 5.40. The summed E-state index contributed by atoms with van der Waals surface area (Å²) in [4.78, 5) is 6.49. The molecule has 2 heterocycles. The number of aromatic nitrogens is 1. The van der Waals surface area contributed by atoms with Gasteiger partial charge in [0.1, 0.15) is 0 Å². The summed E-state index contributed by atoms with van der Waals surface area (Å²) in [6.45, 7) is 6.37. The summed E-state index contributed by atoms with van der Waals surface area (Å²) >= 11 is 0. The van der Waals surface area contributed by atoms with Crippen molar-refractivity contribution in [1.29, 1.82) is 0 Å². The third kappa shape index (κ3) is 2.40. The minimum Gasteiger partial charge on any atom is -0.493 e. The van der Waals surface area contributed by atoms with Crippen molar-refractivity contribution >= 4 is 5.82 Å². The summed E-state index contributed by atoms with van der Waals surface area (Å²) in [7, 11) is 1.68. The molecule has 0 amide bonds. The van der Waals surface area contributed by atoms with E-state index in [1.165, 1.54) is 5.57 Å². The van der Waals surface area contributed by atoms with Crippen LogP contribution < -0.4 is 9.64 Å². The van der Waals surface area contributed by atoms with Gasteiger partial charge in [0.25, 0.3) is 0 Å². The van der Waals surface area contributed by atoms with Gasteiger partial charge in [0, 0.05) is 24.5 Å². The minimum atomic E-state index is 0.540. The smallest absolute Gasteiger partial charge is 0.179 e. The maximum Gasteiger partial charge on any atom is 0.179 e. The molecule has 0 spiro atoms. The largest absolute Gasteiger partial charge is 0.493 e. The number of nitrogens with zero attached hydrogens (tertiary/aromatic N) is 2. The number of hydrogen-bond donors (Lipinski definition) is 0. The first kappa shape index (κ1) is 12.7. The van der Waals surface area contributed by atoms with E-state index >= 15 is 0 Å². The zero-order valence-corrected chi connectivity index (χ0v) is 11.5. The fraction of sp³-hybridized carbons (Fsp3) is 0.400. The molecule has 0 saturated heterocycles. The third-order valence-corrected chi connectivity index (χ3v) is 3.28. The van der Waals surface area contributed by atoms with E-state index in [1.807, 2.05) is 24.1 Å². The van der Waals surface area contributed by atoms with Gasteiger partial charge in [-0.3, -0.25) is 0 Å². The predicted octanol–water partition coefficient (Wildman–Crippen LogP) is 3.66. The van der Waals surface area contributed by atoms with Gasteiger partial charge in [-0.15, -0.1) is 0 Å². The molecule has 1 aromatic heterocycles. The first-order chi connectivity index (χ1) is 8.65. The Hall–Kier alpha value is -1.77. The highest BCUT2D eigenvalue weighted by atomic mass is 16.5. The summed E-state index contributed by atoms with van der Waals surface area (Å²) < 4.78 is 5.40. The molecule has 1 atom stereocenters. The molecule has 0 radical (unpaired) electrons. The van der Waals surface area contributed by atoms with Crippen LogP contribution in [-0.2, 0) is 0 Å². The highest BCUT2D eigenvalue weighted by Gasteiger charge is 2.16. The Labute approximate surface area is 109 Å². The first-order valence-corrected chi connectivity index (χ1v) is 6.31. The van der Waals surface area contributed by atoms with E-state index in [9.17, 15) is 0 Å². The summed E-state index contributed by atoms with van der Waals surface area (Å²) in [5, 5.41) is 0. The highest BCUT2D eigenvalue weighted by molar-refractivity contribution is 5.59. The van der Waals surface area contributed by atoms with Crippen LogP contribution in [0.25, 0.3) is 0 Å². The minimum absolute atomic E-state index is 0.540. The van der Waals surface area contributed by atoms with Crippen molar-refractivity contribution in [2.75, 3.05) is 12.0 Å². The Morgan fingerprint density at radius 1 is 1.39 bits per heavy atom. The van der Waals surface area contributed by atoms with Gasteiger partial charge in [0.15, 0.2) is 11.6 Å². The molecule has 1 aliphatic heterocycles. The van der Waals surface area contributed by atoms with E-state index in [4.69, 9.17) is 4.74 Å². The lowest BCUT2D eigenvalue weighted by molar-refractivity contribution is 0.413. The molecule has 1 aromatic rings. The second-order valence-electron chi connectivity index (χ2n) is 4.68. The van der Waals surface area contributed by atoms with Crippen LogP contribution in [0, 0.1) is 12.8 Å². The van der Waals surface area contributed by atoms with Crippen LogP contribution in [0.4, 0.5) is 5.82 Å². The Morgan fingerprint density at radius 3 is 2.78 bits per heavy atom. The van der Waals surface area contributed by atoms with Crippen LogP contribution in [0.3, 0.4) is 0 Å². The number of hydrogen-bond acceptors (Lipinski definition) is 3. The number of ether oxygens (including phenoxy) is 1. The topological polar surface area (TPSA) is 25.4 Å². The lowest BCUT2D eigenvalue weighted by atomic mass is 9.96. The fourth-order valence-corrected chi connectivity index (χ4v) is 2.18. The summed E-state index contributed by atoms with van der Waals surface area (Å²) in [5.41, 5.74) is 2.45. The molecule has 0 saturated carbocycles. The van der Waals surface area contributed by atoms with Crippen LogP contribution in [0.1, 0.15) is 25.8 Å². The van der Waals surface area contributed by atoms with E-state index in [2.05, 4.69) is 37.3 Å². The van der Waals surface area contributed by atoms with Crippen molar-refractivity contribution in [3.63, 3.8) is 0 Å². The molecule has 3 nitrogen and oxygen atoms in total. The first-order valence-electron chi connectivity index (χ1n) is 6.31. The Kier molecular flexibility index (Phi) is 3.70. The van der Waals surface area contributed by atoms with Crippen molar-refractivity contribution in [3.8, 4) is 5.75 Å². The maximum absolute atomic E-state index is 5.40. The Bertz CT molecular complexity index is 491. The highest BCUT2D eigenvalue weighted by Crippen LogP contribution is 2.31. The molecule has 0 bridgehead atoms. The number of aryl methyl sites for hydroxylation is 1. The van der Waals surface area contributed by atoms with Gasteiger partial charge in [-0.25, -0.2) is 4.98 Å². The molecule has 18 heavy (non-hydrogen) atoms. The van der Waals surface area contributed by atoms with Gasteiger partial charge in [0.2, 0.25) is 0 Å². The molecule has 96 valence electrons. The van der Waals surface area contributed by atoms with Crippen molar-refractivity contribution in [1.82, 2.24) is 4.98 Å².